The average molecular weight is 250 g/mol. The number of carbonyl (C=O) groups excluding carboxylic acids is 1. The second kappa shape index (κ2) is 4.01. The zero-order chi connectivity index (χ0) is 13.6. The lowest BCUT2D eigenvalue weighted by Crippen LogP contribution is -2.32. The van der Waals surface area contributed by atoms with E-state index in [1.165, 1.54) is 6.26 Å². The van der Waals surface area contributed by atoms with Crippen LogP contribution in [0.5, 0.6) is 0 Å². The Morgan fingerprint density at radius 1 is 1.39 bits per heavy atom. The highest BCUT2D eigenvalue weighted by Gasteiger charge is 2.39. The Hall–Kier alpha value is -2.04. The zero-order valence-electron chi connectivity index (χ0n) is 10.4. The van der Waals surface area contributed by atoms with E-state index in [1.54, 1.807) is 6.92 Å². The molecule has 0 spiro atoms. The molecular formula is C13H14O5. The first-order valence-corrected chi connectivity index (χ1v) is 5.64. The molecule has 0 aromatic heterocycles. The Morgan fingerprint density at radius 3 is 2.56 bits per heavy atom. The molecule has 0 saturated carbocycles. The number of ether oxygens (including phenoxy) is 1. The van der Waals surface area contributed by atoms with Crippen molar-refractivity contribution in [1.82, 2.24) is 0 Å². The van der Waals surface area contributed by atoms with Crippen molar-refractivity contribution in [3.63, 3.8) is 0 Å². The van der Waals surface area contributed by atoms with Gasteiger partial charge in [0.05, 0.1) is 11.8 Å². The third-order valence-electron chi connectivity index (χ3n) is 3.53. The summed E-state index contributed by atoms with van der Waals surface area (Å²) in [6.45, 7) is 5.35. The molecule has 0 unspecified atom stereocenters. The number of hydrogen-bond acceptors (Lipinski definition) is 4. The maximum atomic E-state index is 12.0. The number of hydrogen-bond donors (Lipinski definition) is 2. The number of aliphatic hydroxyl groups excluding tert-OH is 1. The molecule has 0 amide bonds. The normalized spacial score (nSPS) is 27.7. The third kappa shape index (κ3) is 1.54. The average Bonchev–Trinajstić information content (AvgIpc) is 2.29. The summed E-state index contributed by atoms with van der Waals surface area (Å²) in [5, 5.41) is 18.8. The summed E-state index contributed by atoms with van der Waals surface area (Å²) in [7, 11) is 0. The number of rotatable bonds is 1. The molecule has 2 aliphatic rings. The van der Waals surface area contributed by atoms with Crippen molar-refractivity contribution in [1.29, 1.82) is 0 Å². The summed E-state index contributed by atoms with van der Waals surface area (Å²) >= 11 is 0. The summed E-state index contributed by atoms with van der Waals surface area (Å²) in [5.41, 5.74) is 0.739. The van der Waals surface area contributed by atoms with Gasteiger partial charge in [0.1, 0.15) is 17.4 Å². The van der Waals surface area contributed by atoms with E-state index in [9.17, 15) is 14.7 Å². The van der Waals surface area contributed by atoms with E-state index in [0.29, 0.717) is 11.1 Å². The van der Waals surface area contributed by atoms with Crippen LogP contribution in [-0.2, 0) is 14.3 Å². The number of aliphatic hydroxyl groups is 1. The molecular weight excluding hydrogens is 236 g/mol. The number of carboxylic acids is 1. The van der Waals surface area contributed by atoms with E-state index in [1.807, 2.05) is 13.8 Å². The lowest BCUT2D eigenvalue weighted by atomic mass is 9.78. The van der Waals surface area contributed by atoms with E-state index < -0.39 is 23.1 Å². The van der Waals surface area contributed by atoms with Crippen LogP contribution in [0.25, 0.3) is 0 Å². The van der Waals surface area contributed by atoms with Gasteiger partial charge in [-0.3, -0.25) is 4.79 Å². The molecule has 1 aliphatic carbocycles. The highest BCUT2D eigenvalue weighted by Crippen LogP contribution is 2.39. The van der Waals surface area contributed by atoms with Crippen molar-refractivity contribution in [2.75, 3.05) is 0 Å². The van der Waals surface area contributed by atoms with Gasteiger partial charge >= 0.3 is 5.97 Å². The Kier molecular flexibility index (Phi) is 2.77. The first kappa shape index (κ1) is 12.4. The van der Waals surface area contributed by atoms with Gasteiger partial charge in [0.15, 0.2) is 0 Å². The van der Waals surface area contributed by atoms with Crippen molar-refractivity contribution in [2.24, 2.45) is 5.92 Å². The van der Waals surface area contributed by atoms with Crippen molar-refractivity contribution >= 4 is 11.8 Å². The van der Waals surface area contributed by atoms with Gasteiger partial charge in [-0.2, -0.15) is 0 Å². The van der Waals surface area contributed by atoms with Crippen LogP contribution >= 0.6 is 0 Å². The van der Waals surface area contributed by atoms with E-state index >= 15 is 0 Å². The van der Waals surface area contributed by atoms with Crippen LogP contribution in [0.2, 0.25) is 0 Å². The van der Waals surface area contributed by atoms with Gasteiger partial charge in [-0.1, -0.05) is 6.92 Å². The number of carbonyl (C=O) groups is 2. The Balaban J connectivity index is 2.69. The van der Waals surface area contributed by atoms with Gasteiger partial charge in [0, 0.05) is 5.92 Å². The molecule has 2 atom stereocenters. The molecule has 0 aromatic rings. The topological polar surface area (TPSA) is 83.8 Å². The van der Waals surface area contributed by atoms with Gasteiger partial charge in [-0.05, 0) is 25.0 Å². The van der Waals surface area contributed by atoms with E-state index in [0.717, 1.165) is 0 Å². The van der Waals surface area contributed by atoms with Crippen molar-refractivity contribution < 1.29 is 24.5 Å². The molecule has 0 aromatic carbocycles. The molecule has 18 heavy (non-hydrogen) atoms. The molecule has 2 N–H and O–H groups in total. The quantitative estimate of drug-likeness (QED) is 0.692. The molecule has 0 bridgehead atoms. The first-order valence-electron chi connectivity index (χ1n) is 5.64. The zero-order valence-corrected chi connectivity index (χ0v) is 10.4. The number of fused-ring (bicyclic) bond motifs is 1. The van der Waals surface area contributed by atoms with Crippen molar-refractivity contribution in [3.05, 3.63) is 34.3 Å². The third-order valence-corrected chi connectivity index (χ3v) is 3.53. The highest BCUT2D eigenvalue weighted by atomic mass is 16.5. The van der Waals surface area contributed by atoms with E-state index in [2.05, 4.69) is 0 Å². The van der Waals surface area contributed by atoms with Crippen LogP contribution in [-0.4, -0.2) is 28.1 Å². The van der Waals surface area contributed by atoms with Crippen LogP contribution in [0, 0.1) is 5.92 Å². The number of ketones is 1. The van der Waals surface area contributed by atoms with Crippen molar-refractivity contribution in [3.8, 4) is 0 Å². The minimum Gasteiger partial charge on any atom is -0.507 e. The SMILES string of the molecule is CC1=C2C(=CO[C@@H](C)[C@@H]2C)C(=O)C(C(=O)O)=C1O. The number of aliphatic carboxylic acids is 1. The van der Waals surface area contributed by atoms with E-state index in [4.69, 9.17) is 9.84 Å². The summed E-state index contributed by atoms with van der Waals surface area (Å²) in [6.07, 6.45) is 1.17. The predicted octanol–water partition coefficient (Wildman–Crippen LogP) is 1.72. The molecule has 0 radical (unpaired) electrons. The fourth-order valence-corrected chi connectivity index (χ4v) is 2.31. The van der Waals surface area contributed by atoms with Gasteiger partial charge in [0.2, 0.25) is 5.78 Å². The monoisotopic (exact) mass is 250 g/mol. The Morgan fingerprint density at radius 2 is 2.00 bits per heavy atom. The highest BCUT2D eigenvalue weighted by molar-refractivity contribution is 6.26. The fourth-order valence-electron chi connectivity index (χ4n) is 2.31. The molecule has 2 rings (SSSR count). The first-order chi connectivity index (χ1) is 8.36. The fraction of sp³-hybridized carbons (Fsp3) is 0.385. The van der Waals surface area contributed by atoms with Crippen LogP contribution in [0.1, 0.15) is 20.8 Å². The summed E-state index contributed by atoms with van der Waals surface area (Å²) in [6, 6.07) is 0. The van der Waals surface area contributed by atoms with Crippen LogP contribution in [0.15, 0.2) is 34.3 Å². The van der Waals surface area contributed by atoms with Crippen LogP contribution < -0.4 is 0 Å². The molecule has 96 valence electrons. The second-order valence-electron chi connectivity index (χ2n) is 4.56. The summed E-state index contributed by atoms with van der Waals surface area (Å²) < 4.78 is 5.33. The minimum atomic E-state index is -1.43. The molecule has 5 heteroatoms. The molecule has 1 heterocycles. The number of carboxylic acid groups (broad SMARTS) is 1. The Labute approximate surface area is 104 Å². The van der Waals surface area contributed by atoms with Gasteiger partial charge in [0.25, 0.3) is 0 Å². The lowest BCUT2D eigenvalue weighted by molar-refractivity contribution is -0.134. The number of Topliss-reactive ketones (excluding diaryl/α,β-unsaturated/α-hetero) is 1. The minimum absolute atomic E-state index is 0.0774. The van der Waals surface area contributed by atoms with Gasteiger partial charge < -0.3 is 14.9 Å². The maximum absolute atomic E-state index is 12.0. The smallest absolute Gasteiger partial charge is 0.343 e. The van der Waals surface area contributed by atoms with Gasteiger partial charge in [-0.15, -0.1) is 0 Å². The second-order valence-corrected chi connectivity index (χ2v) is 4.56. The number of allylic oxidation sites excluding steroid dienone is 2. The summed E-state index contributed by atoms with van der Waals surface area (Å²) in [5.74, 6) is -2.64. The largest absolute Gasteiger partial charge is 0.507 e. The van der Waals surface area contributed by atoms with Crippen LogP contribution in [0.3, 0.4) is 0 Å². The predicted molar refractivity (Wildman–Crippen MR) is 62.8 cm³/mol. The molecule has 5 nitrogen and oxygen atoms in total. The molecule has 0 saturated heterocycles. The van der Waals surface area contributed by atoms with Gasteiger partial charge in [-0.25, -0.2) is 4.79 Å². The summed E-state index contributed by atoms with van der Waals surface area (Å²) in [4.78, 5) is 23.0. The lowest BCUT2D eigenvalue weighted by Gasteiger charge is -2.32. The van der Waals surface area contributed by atoms with Crippen LogP contribution in [0.4, 0.5) is 0 Å². The standard InChI is InChI=1S/C13H14O5/c1-5-7(3)18-4-8-9(5)6(2)11(14)10(12(8)15)13(16)17/h4-5,7,14H,1-3H3,(H,16,17)/t5-,7-/m0/s1. The van der Waals surface area contributed by atoms with Crippen molar-refractivity contribution in [2.45, 2.75) is 26.9 Å². The Bertz CT molecular complexity index is 536. The maximum Gasteiger partial charge on any atom is 0.343 e. The molecule has 0 fully saturated rings. The molecule has 1 aliphatic heterocycles. The van der Waals surface area contributed by atoms with E-state index in [-0.39, 0.29) is 17.6 Å².